The summed E-state index contributed by atoms with van der Waals surface area (Å²) in [4.78, 5) is 12.5. The lowest BCUT2D eigenvalue weighted by Crippen LogP contribution is -2.30. The van der Waals surface area contributed by atoms with E-state index in [0.717, 1.165) is 11.3 Å². The quantitative estimate of drug-likeness (QED) is 0.861. The molecule has 0 fully saturated rings. The van der Waals surface area contributed by atoms with E-state index in [1.54, 1.807) is 11.7 Å². The van der Waals surface area contributed by atoms with Crippen molar-refractivity contribution in [2.75, 3.05) is 6.61 Å². The highest BCUT2D eigenvalue weighted by Crippen LogP contribution is 2.18. The van der Waals surface area contributed by atoms with Crippen LogP contribution in [0.15, 0.2) is 36.4 Å². The zero-order valence-corrected chi connectivity index (χ0v) is 13.3. The molecule has 0 spiro atoms. The summed E-state index contributed by atoms with van der Waals surface area (Å²) in [6.07, 6.45) is 0.477. The monoisotopic (exact) mass is 301 g/mol. The van der Waals surface area contributed by atoms with Crippen molar-refractivity contribution in [2.24, 2.45) is 7.05 Å². The summed E-state index contributed by atoms with van der Waals surface area (Å²) in [6, 6.07) is 11.3. The van der Waals surface area contributed by atoms with Crippen LogP contribution in [0.4, 0.5) is 0 Å². The average Bonchev–Trinajstić information content (AvgIpc) is 2.90. The Kier molecular flexibility index (Phi) is 5.33. The summed E-state index contributed by atoms with van der Waals surface area (Å²) in [7, 11) is 1.77. The minimum absolute atomic E-state index is 0.0163. The number of carbonyl (C=O) groups excluding carboxylic acids is 1. The van der Waals surface area contributed by atoms with Crippen LogP contribution in [0.3, 0.4) is 0 Å². The van der Waals surface area contributed by atoms with Gasteiger partial charge in [0.15, 0.2) is 0 Å². The predicted octanol–water partition coefficient (Wildman–Crippen LogP) is 2.40. The first-order valence-corrected chi connectivity index (χ1v) is 7.53. The lowest BCUT2D eigenvalue weighted by Gasteiger charge is -2.18. The van der Waals surface area contributed by atoms with Gasteiger partial charge in [-0.1, -0.05) is 44.2 Å². The third-order valence-corrected chi connectivity index (χ3v) is 3.65. The van der Waals surface area contributed by atoms with Crippen molar-refractivity contribution in [3.8, 4) is 0 Å². The maximum absolute atomic E-state index is 12.5. The average molecular weight is 301 g/mol. The molecule has 2 aromatic rings. The van der Waals surface area contributed by atoms with E-state index in [0.29, 0.717) is 12.1 Å². The third kappa shape index (κ3) is 3.74. The molecule has 0 aliphatic heterocycles. The largest absolute Gasteiger partial charge is 0.396 e. The molecule has 1 aromatic heterocycles. The predicted molar refractivity (Wildman–Crippen MR) is 85.6 cm³/mol. The second-order valence-corrected chi connectivity index (χ2v) is 5.68. The van der Waals surface area contributed by atoms with Gasteiger partial charge in [-0.2, -0.15) is 5.10 Å². The Balaban J connectivity index is 2.18. The van der Waals surface area contributed by atoms with E-state index in [2.05, 4.69) is 10.4 Å². The van der Waals surface area contributed by atoms with Gasteiger partial charge in [-0.3, -0.25) is 9.48 Å². The molecule has 22 heavy (non-hydrogen) atoms. The molecular formula is C17H23N3O2. The summed E-state index contributed by atoms with van der Waals surface area (Å²) in [6.45, 7) is 4.10. The molecular weight excluding hydrogens is 278 g/mol. The highest BCUT2D eigenvalue weighted by Gasteiger charge is 2.19. The highest BCUT2D eigenvalue weighted by molar-refractivity contribution is 5.93. The molecule has 0 bridgehead atoms. The van der Waals surface area contributed by atoms with E-state index in [-0.39, 0.29) is 24.5 Å². The van der Waals surface area contributed by atoms with E-state index in [1.807, 2.05) is 50.2 Å². The molecule has 1 atom stereocenters. The minimum Gasteiger partial charge on any atom is -0.396 e. The number of carbonyl (C=O) groups is 1. The molecule has 118 valence electrons. The standard InChI is InChI=1S/C17H23N3O2/c1-12(2)15-11-16(20(3)19-15)17(22)18-14(9-10-21)13-7-5-4-6-8-13/h4-8,11-12,14,21H,9-10H2,1-3H3,(H,18,22). The first-order chi connectivity index (χ1) is 10.5. The third-order valence-electron chi connectivity index (χ3n) is 3.65. The Bertz CT molecular complexity index is 620. The molecule has 2 N–H and O–H groups in total. The molecule has 0 saturated carbocycles. The first kappa shape index (κ1) is 16.2. The van der Waals surface area contributed by atoms with Crippen molar-refractivity contribution in [1.29, 1.82) is 0 Å². The summed E-state index contributed by atoms with van der Waals surface area (Å²) in [5, 5.41) is 16.6. The van der Waals surface area contributed by atoms with E-state index in [4.69, 9.17) is 0 Å². The lowest BCUT2D eigenvalue weighted by molar-refractivity contribution is 0.0920. The molecule has 5 heteroatoms. The van der Waals surface area contributed by atoms with Crippen molar-refractivity contribution >= 4 is 5.91 Å². The number of nitrogens with one attached hydrogen (secondary N) is 1. The number of aliphatic hydroxyl groups excluding tert-OH is 1. The van der Waals surface area contributed by atoms with Gasteiger partial charge in [0.25, 0.3) is 5.91 Å². The van der Waals surface area contributed by atoms with Crippen LogP contribution in [-0.4, -0.2) is 27.4 Å². The zero-order chi connectivity index (χ0) is 16.1. The van der Waals surface area contributed by atoms with Crippen LogP contribution in [0, 0.1) is 0 Å². The fourth-order valence-electron chi connectivity index (χ4n) is 2.35. The van der Waals surface area contributed by atoms with Crippen LogP contribution in [0.2, 0.25) is 0 Å². The zero-order valence-electron chi connectivity index (χ0n) is 13.3. The van der Waals surface area contributed by atoms with Gasteiger partial charge in [-0.25, -0.2) is 0 Å². The smallest absolute Gasteiger partial charge is 0.270 e. The highest BCUT2D eigenvalue weighted by atomic mass is 16.3. The molecule has 2 rings (SSSR count). The molecule has 1 unspecified atom stereocenters. The van der Waals surface area contributed by atoms with Crippen LogP contribution in [0.25, 0.3) is 0 Å². The molecule has 1 heterocycles. The van der Waals surface area contributed by atoms with Gasteiger partial charge in [0.05, 0.1) is 11.7 Å². The number of aromatic nitrogens is 2. The van der Waals surface area contributed by atoms with Gasteiger partial charge in [-0.15, -0.1) is 0 Å². The fraction of sp³-hybridized carbons (Fsp3) is 0.412. The molecule has 1 aromatic carbocycles. The summed E-state index contributed by atoms with van der Waals surface area (Å²) < 4.78 is 1.60. The number of aliphatic hydroxyl groups is 1. The van der Waals surface area contributed by atoms with E-state index in [9.17, 15) is 9.90 Å². The number of hydrogen-bond acceptors (Lipinski definition) is 3. The van der Waals surface area contributed by atoms with Crippen molar-refractivity contribution in [3.63, 3.8) is 0 Å². The van der Waals surface area contributed by atoms with Crippen molar-refractivity contribution in [2.45, 2.75) is 32.2 Å². The van der Waals surface area contributed by atoms with Gasteiger partial charge >= 0.3 is 0 Å². The van der Waals surface area contributed by atoms with Crippen molar-refractivity contribution in [1.82, 2.24) is 15.1 Å². The Morgan fingerprint density at radius 2 is 2.00 bits per heavy atom. The first-order valence-electron chi connectivity index (χ1n) is 7.53. The molecule has 0 aliphatic carbocycles. The maximum atomic E-state index is 12.5. The second kappa shape index (κ2) is 7.22. The van der Waals surface area contributed by atoms with Crippen LogP contribution in [-0.2, 0) is 7.05 Å². The van der Waals surface area contributed by atoms with Gasteiger partial charge in [-0.05, 0) is 24.0 Å². The summed E-state index contributed by atoms with van der Waals surface area (Å²) in [5.74, 6) is 0.0966. The normalized spacial score (nSPS) is 12.4. The maximum Gasteiger partial charge on any atom is 0.270 e. The van der Waals surface area contributed by atoms with Gasteiger partial charge in [0, 0.05) is 13.7 Å². The van der Waals surface area contributed by atoms with Crippen LogP contribution in [0.5, 0.6) is 0 Å². The molecule has 1 amide bonds. The molecule has 0 aliphatic rings. The van der Waals surface area contributed by atoms with Crippen molar-refractivity contribution in [3.05, 3.63) is 53.3 Å². The Morgan fingerprint density at radius 3 is 2.55 bits per heavy atom. The van der Waals surface area contributed by atoms with Gasteiger partial charge in [0.2, 0.25) is 0 Å². The SMILES string of the molecule is CC(C)c1cc(C(=O)NC(CCO)c2ccccc2)n(C)n1. The Labute approximate surface area is 131 Å². The van der Waals surface area contributed by atoms with E-state index < -0.39 is 0 Å². The molecule has 0 radical (unpaired) electrons. The topological polar surface area (TPSA) is 67.2 Å². The number of nitrogens with zero attached hydrogens (tertiary/aromatic N) is 2. The number of hydrogen-bond donors (Lipinski definition) is 2. The summed E-state index contributed by atoms with van der Waals surface area (Å²) in [5.41, 5.74) is 2.41. The van der Waals surface area contributed by atoms with Crippen molar-refractivity contribution < 1.29 is 9.90 Å². The molecule has 0 saturated heterocycles. The van der Waals surface area contributed by atoms with Crippen LogP contribution in [0.1, 0.15) is 54.0 Å². The van der Waals surface area contributed by atoms with Crippen LogP contribution >= 0.6 is 0 Å². The number of aryl methyl sites for hydroxylation is 1. The Morgan fingerprint density at radius 1 is 1.32 bits per heavy atom. The lowest BCUT2D eigenvalue weighted by atomic mass is 10.0. The number of rotatable bonds is 6. The van der Waals surface area contributed by atoms with E-state index in [1.165, 1.54) is 0 Å². The minimum atomic E-state index is -0.212. The fourth-order valence-corrected chi connectivity index (χ4v) is 2.35. The van der Waals surface area contributed by atoms with Crippen LogP contribution < -0.4 is 5.32 Å². The van der Waals surface area contributed by atoms with Gasteiger partial charge < -0.3 is 10.4 Å². The molecule has 5 nitrogen and oxygen atoms in total. The Hall–Kier alpha value is -2.14. The summed E-state index contributed by atoms with van der Waals surface area (Å²) >= 11 is 0. The number of amides is 1. The number of benzene rings is 1. The second-order valence-electron chi connectivity index (χ2n) is 5.68. The van der Waals surface area contributed by atoms with Gasteiger partial charge in [0.1, 0.15) is 5.69 Å². The van der Waals surface area contributed by atoms with E-state index >= 15 is 0 Å².